The number of anilines is 1. The third kappa shape index (κ3) is 6.16. The van der Waals surface area contributed by atoms with Crippen molar-refractivity contribution < 1.29 is 17.6 Å². The molecule has 202 valence electrons. The molecule has 0 aliphatic carbocycles. The van der Waals surface area contributed by atoms with E-state index < -0.39 is 28.3 Å². The van der Waals surface area contributed by atoms with Crippen LogP contribution >= 0.6 is 23.2 Å². The summed E-state index contributed by atoms with van der Waals surface area (Å²) < 4.78 is 44.1. The van der Waals surface area contributed by atoms with Gasteiger partial charge in [-0.05, 0) is 69.3 Å². The lowest BCUT2D eigenvalue weighted by molar-refractivity contribution is -0.119. The third-order valence-corrected chi connectivity index (χ3v) is 8.36. The van der Waals surface area contributed by atoms with Crippen molar-refractivity contribution in [2.24, 2.45) is 5.10 Å². The van der Waals surface area contributed by atoms with Crippen LogP contribution in [0.2, 0.25) is 10.0 Å². The fraction of sp³-hybridized carbons (Fsp3) is 0.143. The van der Waals surface area contributed by atoms with Crippen molar-refractivity contribution >= 4 is 51.0 Å². The average Bonchev–Trinajstić information content (AvgIpc) is 3.17. The molecule has 0 bridgehead atoms. The molecule has 4 rings (SSSR count). The van der Waals surface area contributed by atoms with Crippen LogP contribution in [0.4, 0.5) is 10.1 Å². The van der Waals surface area contributed by atoms with Gasteiger partial charge in [0, 0.05) is 22.0 Å². The van der Waals surface area contributed by atoms with E-state index in [9.17, 15) is 17.6 Å². The Kier molecular flexibility index (Phi) is 8.44. The van der Waals surface area contributed by atoms with Crippen molar-refractivity contribution in [2.75, 3.05) is 10.8 Å². The van der Waals surface area contributed by atoms with Crippen molar-refractivity contribution in [3.63, 3.8) is 0 Å². The van der Waals surface area contributed by atoms with E-state index in [1.807, 2.05) is 31.4 Å². The van der Waals surface area contributed by atoms with Crippen LogP contribution < -0.4 is 9.73 Å². The van der Waals surface area contributed by atoms with E-state index >= 15 is 0 Å². The molecule has 1 N–H and O–H groups in total. The zero-order chi connectivity index (χ0) is 28.3. The van der Waals surface area contributed by atoms with Crippen molar-refractivity contribution in [1.29, 1.82) is 0 Å². The molecule has 0 radical (unpaired) electrons. The van der Waals surface area contributed by atoms with Crippen LogP contribution in [0.25, 0.3) is 5.69 Å². The molecule has 4 aromatic rings. The number of hydrogen-bond acceptors (Lipinski definition) is 4. The fourth-order valence-electron chi connectivity index (χ4n) is 4.08. The number of carbonyl (C=O) groups is 1. The minimum absolute atomic E-state index is 0.0697. The van der Waals surface area contributed by atoms with Crippen LogP contribution in [0.5, 0.6) is 0 Å². The number of benzene rings is 3. The summed E-state index contributed by atoms with van der Waals surface area (Å²) in [5.41, 5.74) is 6.00. The summed E-state index contributed by atoms with van der Waals surface area (Å²) in [4.78, 5) is 12.8. The van der Waals surface area contributed by atoms with E-state index in [1.54, 1.807) is 30.3 Å². The lowest BCUT2D eigenvalue weighted by Crippen LogP contribution is -2.40. The van der Waals surface area contributed by atoms with Gasteiger partial charge in [-0.25, -0.2) is 18.2 Å². The lowest BCUT2D eigenvalue weighted by atomic mass is 10.2. The smallest absolute Gasteiger partial charge is 0.264 e. The molecule has 0 aliphatic rings. The maximum Gasteiger partial charge on any atom is 0.264 e. The standard InChI is InChI=1S/C28H25Cl2FN4O3S/c1-18-8-11-23(12-9-18)39(37,38)34(26-7-5-4-6-25(26)31)17-28(36)33-32-16-21-14-19(2)35(20(21)3)27-15-22(29)10-13-24(27)30/h4-16H,17H2,1-3H3,(H,33,36)/b32-16-. The number of hydrazone groups is 1. The summed E-state index contributed by atoms with van der Waals surface area (Å²) in [6.07, 6.45) is 1.44. The van der Waals surface area contributed by atoms with Crippen LogP contribution in [0.3, 0.4) is 0 Å². The minimum Gasteiger partial charge on any atom is -0.316 e. The highest BCUT2D eigenvalue weighted by Gasteiger charge is 2.29. The molecular weight excluding hydrogens is 562 g/mol. The SMILES string of the molecule is Cc1ccc(S(=O)(=O)N(CC(=O)N/N=C\c2cc(C)n(-c3cc(Cl)ccc3Cl)c2C)c2ccccc2F)cc1. The number of para-hydroxylation sites is 1. The molecule has 3 aromatic carbocycles. The van der Waals surface area contributed by atoms with E-state index in [-0.39, 0.29) is 10.6 Å². The molecule has 0 unspecified atom stereocenters. The van der Waals surface area contributed by atoms with Crippen molar-refractivity contribution in [3.05, 3.63) is 111 Å². The first-order valence-electron chi connectivity index (χ1n) is 11.8. The molecule has 0 aliphatic heterocycles. The number of nitrogens with one attached hydrogen (secondary N) is 1. The molecule has 0 atom stereocenters. The molecule has 11 heteroatoms. The number of carbonyl (C=O) groups excluding carboxylic acids is 1. The predicted octanol–water partition coefficient (Wildman–Crippen LogP) is 6.19. The Bertz CT molecular complexity index is 1670. The molecular formula is C28H25Cl2FN4O3S. The van der Waals surface area contributed by atoms with Crippen LogP contribution in [0.1, 0.15) is 22.5 Å². The van der Waals surface area contributed by atoms with Crippen LogP contribution in [0, 0.1) is 26.6 Å². The Balaban J connectivity index is 1.57. The van der Waals surface area contributed by atoms with Crippen LogP contribution in [-0.4, -0.2) is 31.7 Å². The van der Waals surface area contributed by atoms with E-state index in [1.165, 1.54) is 36.5 Å². The number of nitrogens with zero attached hydrogens (tertiary/aromatic N) is 3. The van der Waals surface area contributed by atoms with Gasteiger partial charge in [0.2, 0.25) is 0 Å². The molecule has 0 spiro atoms. The zero-order valence-corrected chi connectivity index (χ0v) is 23.6. The average molecular weight is 588 g/mol. The first-order chi connectivity index (χ1) is 18.5. The Morgan fingerprint density at radius 3 is 2.41 bits per heavy atom. The first-order valence-corrected chi connectivity index (χ1v) is 14.0. The first kappa shape index (κ1) is 28.4. The van der Waals surface area contributed by atoms with Crippen molar-refractivity contribution in [3.8, 4) is 5.69 Å². The normalized spacial score (nSPS) is 11.6. The van der Waals surface area contributed by atoms with Gasteiger partial charge in [0.05, 0.1) is 27.5 Å². The number of amides is 1. The summed E-state index contributed by atoms with van der Waals surface area (Å²) in [6.45, 7) is 4.88. The molecule has 1 aromatic heterocycles. The summed E-state index contributed by atoms with van der Waals surface area (Å²) in [5, 5.41) is 5.06. The van der Waals surface area contributed by atoms with E-state index in [4.69, 9.17) is 23.2 Å². The second-order valence-corrected chi connectivity index (χ2v) is 11.5. The topological polar surface area (TPSA) is 83.8 Å². The number of sulfonamides is 1. The highest BCUT2D eigenvalue weighted by Crippen LogP contribution is 2.29. The third-order valence-electron chi connectivity index (χ3n) is 6.03. The van der Waals surface area contributed by atoms with Gasteiger partial charge in [-0.2, -0.15) is 5.10 Å². The highest BCUT2D eigenvalue weighted by molar-refractivity contribution is 7.92. The van der Waals surface area contributed by atoms with E-state index in [0.717, 1.165) is 27.3 Å². The molecule has 1 heterocycles. The molecule has 0 saturated carbocycles. The van der Waals surface area contributed by atoms with E-state index in [0.29, 0.717) is 21.3 Å². The Morgan fingerprint density at radius 2 is 1.72 bits per heavy atom. The van der Waals surface area contributed by atoms with Crippen molar-refractivity contribution in [1.82, 2.24) is 9.99 Å². The Labute approximate surface area is 236 Å². The van der Waals surface area contributed by atoms with Gasteiger partial charge in [0.1, 0.15) is 12.4 Å². The molecule has 7 nitrogen and oxygen atoms in total. The molecule has 0 saturated heterocycles. The van der Waals surface area contributed by atoms with Gasteiger partial charge in [0.15, 0.2) is 0 Å². The van der Waals surface area contributed by atoms with Gasteiger partial charge < -0.3 is 4.57 Å². The fourth-order valence-corrected chi connectivity index (χ4v) is 5.87. The van der Waals surface area contributed by atoms with E-state index in [2.05, 4.69) is 10.5 Å². The van der Waals surface area contributed by atoms with Crippen LogP contribution in [-0.2, 0) is 14.8 Å². The monoisotopic (exact) mass is 586 g/mol. The highest BCUT2D eigenvalue weighted by atomic mass is 35.5. The second-order valence-electron chi connectivity index (χ2n) is 8.83. The number of rotatable bonds is 8. The maximum absolute atomic E-state index is 14.7. The van der Waals surface area contributed by atoms with Gasteiger partial charge in [-0.1, -0.05) is 53.0 Å². The number of halogens is 3. The van der Waals surface area contributed by atoms with Gasteiger partial charge in [-0.3, -0.25) is 9.10 Å². The zero-order valence-electron chi connectivity index (χ0n) is 21.3. The Morgan fingerprint density at radius 1 is 1.03 bits per heavy atom. The minimum atomic E-state index is -4.26. The summed E-state index contributed by atoms with van der Waals surface area (Å²) >= 11 is 12.5. The maximum atomic E-state index is 14.7. The molecule has 1 amide bonds. The number of aromatic nitrogens is 1. The predicted molar refractivity (Wildman–Crippen MR) is 153 cm³/mol. The van der Waals surface area contributed by atoms with Gasteiger partial charge in [0.25, 0.3) is 15.9 Å². The van der Waals surface area contributed by atoms with Gasteiger partial charge >= 0.3 is 0 Å². The number of hydrogen-bond donors (Lipinski definition) is 1. The number of aryl methyl sites for hydroxylation is 2. The Hall–Kier alpha value is -3.66. The van der Waals surface area contributed by atoms with Crippen molar-refractivity contribution in [2.45, 2.75) is 25.7 Å². The van der Waals surface area contributed by atoms with Crippen LogP contribution in [0.15, 0.2) is 82.8 Å². The second kappa shape index (κ2) is 11.6. The summed E-state index contributed by atoms with van der Waals surface area (Å²) in [6, 6.07) is 18.5. The largest absolute Gasteiger partial charge is 0.316 e. The molecule has 39 heavy (non-hydrogen) atoms. The lowest BCUT2D eigenvalue weighted by Gasteiger charge is -2.24. The summed E-state index contributed by atoms with van der Waals surface area (Å²) in [7, 11) is -4.26. The summed E-state index contributed by atoms with van der Waals surface area (Å²) in [5.74, 6) is -1.53. The molecule has 0 fully saturated rings. The quantitative estimate of drug-likeness (QED) is 0.197. The van der Waals surface area contributed by atoms with Gasteiger partial charge in [-0.15, -0.1) is 0 Å².